The van der Waals surface area contributed by atoms with Gasteiger partial charge in [0.15, 0.2) is 5.82 Å². The van der Waals surface area contributed by atoms with Gasteiger partial charge in [0.2, 0.25) is 0 Å². The lowest BCUT2D eigenvalue weighted by molar-refractivity contribution is -0.141. The summed E-state index contributed by atoms with van der Waals surface area (Å²) < 4.78 is 56.9. The summed E-state index contributed by atoms with van der Waals surface area (Å²) in [5, 5.41) is 0.549. The molecule has 2 aromatic heterocycles. The van der Waals surface area contributed by atoms with E-state index in [9.17, 15) is 17.7 Å². The standard InChI is InChI=1S/C14H17F3N4OS2/c1-8(21-24(22)13(2,3)4)12-19-11(20-23-12)9-5-6-18-10(7-9)14(15,16)17/h5-8,21H,1-4H3/t8?,24-/m0/s1. The smallest absolute Gasteiger partial charge is 0.433 e. The van der Waals surface area contributed by atoms with Gasteiger partial charge in [0, 0.05) is 23.1 Å². The normalized spacial score (nSPS) is 15.3. The number of halogens is 3. The fraction of sp³-hybridized carbons (Fsp3) is 0.500. The van der Waals surface area contributed by atoms with E-state index in [-0.39, 0.29) is 17.4 Å². The molecule has 24 heavy (non-hydrogen) atoms. The highest BCUT2D eigenvalue weighted by Crippen LogP contribution is 2.30. The first kappa shape index (κ1) is 19.1. The fourth-order valence-corrected chi connectivity index (χ4v) is 3.17. The summed E-state index contributed by atoms with van der Waals surface area (Å²) in [7, 11) is 0. The minimum atomic E-state index is -4.52. The van der Waals surface area contributed by atoms with Crippen LogP contribution in [0.3, 0.4) is 0 Å². The first-order valence-electron chi connectivity index (χ1n) is 7.04. The van der Waals surface area contributed by atoms with Crippen LogP contribution in [0.25, 0.3) is 11.4 Å². The molecule has 132 valence electrons. The van der Waals surface area contributed by atoms with E-state index in [0.29, 0.717) is 5.01 Å². The average Bonchev–Trinajstić information content (AvgIpc) is 2.95. The maximum absolute atomic E-state index is 12.7. The molecule has 2 atom stereocenters. The number of hydrogen-bond acceptors (Lipinski definition) is 6. The monoisotopic (exact) mass is 378 g/mol. The summed E-state index contributed by atoms with van der Waals surface area (Å²) in [6.07, 6.45) is -3.44. The first-order chi connectivity index (χ1) is 11.0. The topological polar surface area (TPSA) is 73.8 Å². The molecule has 0 aliphatic rings. The number of alkyl halides is 3. The van der Waals surface area contributed by atoms with Crippen LogP contribution in [0.2, 0.25) is 0 Å². The second-order valence-electron chi connectivity index (χ2n) is 6.10. The lowest BCUT2D eigenvalue weighted by Crippen LogP contribution is -2.40. The van der Waals surface area contributed by atoms with E-state index in [4.69, 9.17) is 0 Å². The van der Waals surface area contributed by atoms with Crippen LogP contribution in [0.1, 0.15) is 44.4 Å². The number of hydrogen-bond donors (Lipinski definition) is 1. The van der Waals surface area contributed by atoms with Crippen LogP contribution in [0.5, 0.6) is 0 Å². The fourth-order valence-electron chi connectivity index (χ4n) is 1.64. The third kappa shape index (κ3) is 4.65. The molecule has 0 amide bonds. The summed E-state index contributed by atoms with van der Waals surface area (Å²) >= 11 is -0.230. The van der Waals surface area contributed by atoms with Crippen molar-refractivity contribution in [2.75, 3.05) is 0 Å². The van der Waals surface area contributed by atoms with Gasteiger partial charge in [-0.2, -0.15) is 17.5 Å². The zero-order valence-corrected chi connectivity index (χ0v) is 15.1. The Morgan fingerprint density at radius 1 is 1.29 bits per heavy atom. The SMILES string of the molecule is CC(N[S@@+]([O-])C(C)(C)C)c1nc(-c2ccnc(C(F)(F)F)c2)ns1. The Morgan fingerprint density at radius 2 is 1.96 bits per heavy atom. The van der Waals surface area contributed by atoms with Crippen LogP contribution >= 0.6 is 11.5 Å². The van der Waals surface area contributed by atoms with Gasteiger partial charge in [-0.25, -0.2) is 4.98 Å². The summed E-state index contributed by atoms with van der Waals surface area (Å²) in [5.74, 6) is 0.193. The lowest BCUT2D eigenvalue weighted by Gasteiger charge is -2.25. The molecule has 0 bridgehead atoms. The molecule has 1 unspecified atom stereocenters. The van der Waals surface area contributed by atoms with E-state index < -0.39 is 28.0 Å². The Hall–Kier alpha value is -1.23. The van der Waals surface area contributed by atoms with Crippen molar-refractivity contribution < 1.29 is 17.7 Å². The molecule has 5 nitrogen and oxygen atoms in total. The Labute approximate surface area is 145 Å². The van der Waals surface area contributed by atoms with Crippen molar-refractivity contribution in [1.29, 1.82) is 0 Å². The van der Waals surface area contributed by atoms with Crippen molar-refractivity contribution in [3.63, 3.8) is 0 Å². The minimum Gasteiger partial charge on any atom is -0.598 e. The summed E-state index contributed by atoms with van der Waals surface area (Å²) in [4.78, 5) is 7.57. The third-order valence-electron chi connectivity index (χ3n) is 2.96. The predicted octanol–water partition coefficient (Wildman–Crippen LogP) is 3.73. The van der Waals surface area contributed by atoms with Gasteiger partial charge in [0.05, 0.1) is 0 Å². The molecule has 0 aliphatic heterocycles. The molecule has 0 radical (unpaired) electrons. The zero-order valence-electron chi connectivity index (χ0n) is 13.5. The highest BCUT2D eigenvalue weighted by molar-refractivity contribution is 7.90. The number of rotatable bonds is 4. The molecule has 0 saturated heterocycles. The van der Waals surface area contributed by atoms with Crippen molar-refractivity contribution in [1.82, 2.24) is 19.1 Å². The quantitative estimate of drug-likeness (QED) is 0.821. The van der Waals surface area contributed by atoms with Gasteiger partial charge in [0.1, 0.15) is 21.5 Å². The van der Waals surface area contributed by atoms with E-state index in [1.165, 1.54) is 6.07 Å². The number of aromatic nitrogens is 3. The van der Waals surface area contributed by atoms with E-state index in [0.717, 1.165) is 23.8 Å². The molecule has 10 heteroatoms. The van der Waals surface area contributed by atoms with Gasteiger partial charge in [0.25, 0.3) is 0 Å². The molecule has 0 aromatic carbocycles. The van der Waals surface area contributed by atoms with Crippen LogP contribution in [0, 0.1) is 0 Å². The highest BCUT2D eigenvalue weighted by atomic mass is 32.2. The second kappa shape index (κ2) is 6.95. The molecule has 1 N–H and O–H groups in total. The Balaban J connectivity index is 2.19. The van der Waals surface area contributed by atoms with Crippen LogP contribution < -0.4 is 4.72 Å². The Bertz CT molecular complexity index is 700. The van der Waals surface area contributed by atoms with Crippen LogP contribution in [-0.2, 0) is 17.5 Å². The van der Waals surface area contributed by atoms with Crippen molar-refractivity contribution in [2.45, 2.75) is 44.7 Å². The summed E-state index contributed by atoms with van der Waals surface area (Å²) in [5.41, 5.74) is -0.750. The van der Waals surface area contributed by atoms with Crippen LogP contribution in [-0.4, -0.2) is 23.6 Å². The van der Waals surface area contributed by atoms with Crippen LogP contribution in [0.4, 0.5) is 13.2 Å². The van der Waals surface area contributed by atoms with Gasteiger partial charge in [-0.15, -0.1) is 4.72 Å². The van der Waals surface area contributed by atoms with E-state index >= 15 is 0 Å². The Kier molecular flexibility index (Phi) is 5.53. The maximum Gasteiger partial charge on any atom is 0.433 e. The van der Waals surface area contributed by atoms with Crippen molar-refractivity contribution in [3.8, 4) is 11.4 Å². The summed E-state index contributed by atoms with van der Waals surface area (Å²) in [6.45, 7) is 7.29. The molecule has 0 spiro atoms. The molecular weight excluding hydrogens is 361 g/mol. The maximum atomic E-state index is 12.7. The molecule has 0 saturated carbocycles. The molecule has 2 heterocycles. The second-order valence-corrected chi connectivity index (χ2v) is 8.89. The van der Waals surface area contributed by atoms with Gasteiger partial charge in [-0.1, -0.05) is 0 Å². The van der Waals surface area contributed by atoms with Gasteiger partial charge < -0.3 is 4.55 Å². The predicted molar refractivity (Wildman–Crippen MR) is 87.6 cm³/mol. The lowest BCUT2D eigenvalue weighted by atomic mass is 10.2. The van der Waals surface area contributed by atoms with Crippen molar-refractivity contribution in [3.05, 3.63) is 29.0 Å². The Morgan fingerprint density at radius 3 is 2.54 bits per heavy atom. The molecule has 2 aromatic rings. The van der Waals surface area contributed by atoms with Crippen LogP contribution in [0.15, 0.2) is 18.3 Å². The number of nitrogens with one attached hydrogen (secondary N) is 1. The first-order valence-corrected chi connectivity index (χ1v) is 8.96. The van der Waals surface area contributed by atoms with E-state index in [1.807, 2.05) is 20.8 Å². The minimum absolute atomic E-state index is 0.193. The molecular formula is C14H17F3N4OS2. The number of pyridine rings is 1. The van der Waals surface area contributed by atoms with E-state index in [1.54, 1.807) is 6.92 Å². The van der Waals surface area contributed by atoms with Gasteiger partial charge >= 0.3 is 6.18 Å². The molecule has 0 fully saturated rings. The van der Waals surface area contributed by atoms with Gasteiger partial charge in [-0.05, 0) is 51.4 Å². The number of nitrogens with zero attached hydrogens (tertiary/aromatic N) is 3. The third-order valence-corrected chi connectivity index (χ3v) is 5.54. The highest BCUT2D eigenvalue weighted by Gasteiger charge is 2.33. The van der Waals surface area contributed by atoms with E-state index in [2.05, 4.69) is 19.1 Å². The molecule has 0 aliphatic carbocycles. The largest absolute Gasteiger partial charge is 0.598 e. The zero-order chi connectivity index (χ0) is 18.1. The molecule has 2 rings (SSSR count). The average molecular weight is 378 g/mol. The van der Waals surface area contributed by atoms with Gasteiger partial charge in [-0.3, -0.25) is 4.98 Å². The van der Waals surface area contributed by atoms with Crippen molar-refractivity contribution >= 4 is 22.9 Å². The van der Waals surface area contributed by atoms with Crippen molar-refractivity contribution in [2.24, 2.45) is 0 Å². The summed E-state index contributed by atoms with van der Waals surface area (Å²) in [6, 6.07) is 2.00.